The number of rotatable bonds is 8. The van der Waals surface area contributed by atoms with Crippen LogP contribution in [0.5, 0.6) is 5.75 Å². The van der Waals surface area contributed by atoms with Crippen LogP contribution in [-0.4, -0.2) is 40.9 Å². The molecule has 0 aliphatic rings. The quantitative estimate of drug-likeness (QED) is 0.549. The van der Waals surface area contributed by atoms with Crippen LogP contribution in [0, 0.1) is 0 Å². The molecule has 0 saturated heterocycles. The molecule has 122 valence electrons. The van der Waals surface area contributed by atoms with Crippen LogP contribution < -0.4 is 9.57 Å². The van der Waals surface area contributed by atoms with Crippen LogP contribution in [0.2, 0.25) is 0 Å². The molecule has 0 radical (unpaired) electrons. The van der Waals surface area contributed by atoms with Crippen LogP contribution in [0.3, 0.4) is 0 Å². The summed E-state index contributed by atoms with van der Waals surface area (Å²) in [4.78, 5) is 30.2. The minimum Gasteiger partial charge on any atom is -0.407 e. The SMILES string of the molecule is CN(Cc1ccccc1)C(=O)Oc1cnn(OCCCC=O)c1. The number of aromatic nitrogens is 2. The van der Waals surface area contributed by atoms with E-state index in [1.807, 2.05) is 30.3 Å². The van der Waals surface area contributed by atoms with Crippen molar-refractivity contribution in [1.82, 2.24) is 14.8 Å². The Hall–Kier alpha value is -2.83. The molecule has 0 atom stereocenters. The van der Waals surface area contributed by atoms with Crippen LogP contribution in [0.4, 0.5) is 4.79 Å². The number of nitrogens with zero attached hydrogens (tertiary/aromatic N) is 3. The van der Waals surface area contributed by atoms with E-state index in [1.165, 1.54) is 22.1 Å². The molecule has 1 amide bonds. The summed E-state index contributed by atoms with van der Waals surface area (Å²) in [6, 6.07) is 9.64. The second-order valence-corrected chi connectivity index (χ2v) is 4.93. The molecule has 0 fully saturated rings. The molecular weight excluding hydrogens is 298 g/mol. The third-order valence-electron chi connectivity index (χ3n) is 3.01. The Morgan fingerprint density at radius 1 is 1.35 bits per heavy atom. The summed E-state index contributed by atoms with van der Waals surface area (Å²) in [5, 5.41) is 3.92. The van der Waals surface area contributed by atoms with Gasteiger partial charge in [0.15, 0.2) is 5.75 Å². The molecule has 2 rings (SSSR count). The van der Waals surface area contributed by atoms with Crippen molar-refractivity contribution < 1.29 is 19.2 Å². The van der Waals surface area contributed by atoms with E-state index in [0.717, 1.165) is 11.8 Å². The first-order valence-electron chi connectivity index (χ1n) is 7.27. The van der Waals surface area contributed by atoms with Crippen molar-refractivity contribution in [2.75, 3.05) is 13.7 Å². The van der Waals surface area contributed by atoms with E-state index < -0.39 is 6.09 Å². The molecule has 23 heavy (non-hydrogen) atoms. The Morgan fingerprint density at radius 3 is 2.87 bits per heavy atom. The molecule has 7 nitrogen and oxygen atoms in total. The molecule has 1 aromatic carbocycles. The van der Waals surface area contributed by atoms with E-state index in [0.29, 0.717) is 31.7 Å². The Balaban J connectivity index is 1.80. The number of ether oxygens (including phenoxy) is 1. The molecule has 0 spiro atoms. The van der Waals surface area contributed by atoms with Gasteiger partial charge in [-0.15, -0.1) is 9.94 Å². The molecule has 0 saturated carbocycles. The summed E-state index contributed by atoms with van der Waals surface area (Å²) >= 11 is 0. The standard InChI is InChI=1S/C16H19N3O4/c1-18(12-14-7-3-2-4-8-14)16(21)23-15-11-17-19(13-15)22-10-6-5-9-20/h2-4,7-9,11,13H,5-6,10,12H2,1H3. The van der Waals surface area contributed by atoms with Gasteiger partial charge in [-0.1, -0.05) is 30.3 Å². The zero-order chi connectivity index (χ0) is 16.5. The first-order valence-corrected chi connectivity index (χ1v) is 7.27. The van der Waals surface area contributed by atoms with Gasteiger partial charge in [-0.05, 0) is 12.0 Å². The van der Waals surface area contributed by atoms with Crippen LogP contribution in [0.15, 0.2) is 42.7 Å². The van der Waals surface area contributed by atoms with Gasteiger partial charge >= 0.3 is 6.09 Å². The number of unbranched alkanes of at least 4 members (excludes halogenated alkanes) is 1. The van der Waals surface area contributed by atoms with E-state index in [9.17, 15) is 9.59 Å². The Kier molecular flexibility index (Phi) is 6.17. The molecule has 0 N–H and O–H groups in total. The van der Waals surface area contributed by atoms with E-state index in [4.69, 9.17) is 9.57 Å². The van der Waals surface area contributed by atoms with Crippen molar-refractivity contribution in [3.05, 3.63) is 48.3 Å². The molecule has 7 heteroatoms. The van der Waals surface area contributed by atoms with Gasteiger partial charge in [0, 0.05) is 20.0 Å². The number of hydrogen-bond donors (Lipinski definition) is 0. The van der Waals surface area contributed by atoms with Gasteiger partial charge in [0.2, 0.25) is 0 Å². The smallest absolute Gasteiger partial charge is 0.407 e. The van der Waals surface area contributed by atoms with Crippen LogP contribution in [0.25, 0.3) is 0 Å². The minimum absolute atomic E-state index is 0.297. The lowest BCUT2D eigenvalue weighted by Gasteiger charge is -2.16. The van der Waals surface area contributed by atoms with Crippen molar-refractivity contribution in [3.63, 3.8) is 0 Å². The average Bonchev–Trinajstić information content (AvgIpc) is 3.00. The van der Waals surface area contributed by atoms with Crippen LogP contribution in [0.1, 0.15) is 18.4 Å². The molecule has 0 bridgehead atoms. The summed E-state index contributed by atoms with van der Waals surface area (Å²) in [6.45, 7) is 0.817. The van der Waals surface area contributed by atoms with Crippen molar-refractivity contribution in [2.24, 2.45) is 0 Å². The molecular formula is C16H19N3O4. The maximum Gasteiger partial charge on any atom is 0.415 e. The highest BCUT2D eigenvalue weighted by atomic mass is 16.7. The predicted molar refractivity (Wildman–Crippen MR) is 82.9 cm³/mol. The number of hydrogen-bond acceptors (Lipinski definition) is 5. The highest BCUT2D eigenvalue weighted by Gasteiger charge is 2.13. The van der Waals surface area contributed by atoms with Gasteiger partial charge in [0.1, 0.15) is 19.1 Å². The molecule has 1 aromatic heterocycles. The summed E-state index contributed by atoms with van der Waals surface area (Å²) in [6.07, 6.45) is 4.27. The van der Waals surface area contributed by atoms with Gasteiger partial charge in [0.25, 0.3) is 0 Å². The van der Waals surface area contributed by atoms with Crippen molar-refractivity contribution >= 4 is 12.4 Å². The van der Waals surface area contributed by atoms with Crippen LogP contribution in [-0.2, 0) is 11.3 Å². The van der Waals surface area contributed by atoms with E-state index in [-0.39, 0.29) is 0 Å². The number of aldehydes is 1. The molecule has 0 aliphatic carbocycles. The first-order chi connectivity index (χ1) is 11.2. The highest BCUT2D eigenvalue weighted by Crippen LogP contribution is 2.10. The molecule has 1 heterocycles. The third kappa shape index (κ3) is 5.46. The van der Waals surface area contributed by atoms with Gasteiger partial charge in [-0.2, -0.15) is 0 Å². The van der Waals surface area contributed by atoms with E-state index >= 15 is 0 Å². The minimum atomic E-state index is -0.477. The van der Waals surface area contributed by atoms with Gasteiger partial charge in [0.05, 0.1) is 6.20 Å². The Labute approximate surface area is 134 Å². The zero-order valence-corrected chi connectivity index (χ0v) is 12.9. The van der Waals surface area contributed by atoms with E-state index in [1.54, 1.807) is 7.05 Å². The molecule has 0 unspecified atom stereocenters. The van der Waals surface area contributed by atoms with Gasteiger partial charge in [-0.25, -0.2) is 4.79 Å². The van der Waals surface area contributed by atoms with Crippen LogP contribution >= 0.6 is 0 Å². The maximum atomic E-state index is 12.0. The molecule has 2 aromatic rings. The highest BCUT2D eigenvalue weighted by molar-refractivity contribution is 5.70. The number of benzene rings is 1. The maximum absolute atomic E-state index is 12.0. The second kappa shape index (κ2) is 8.57. The number of carbonyl (C=O) groups excluding carboxylic acids is 2. The summed E-state index contributed by atoms with van der Waals surface area (Å²) in [5.41, 5.74) is 1.01. The van der Waals surface area contributed by atoms with Crippen molar-refractivity contribution in [2.45, 2.75) is 19.4 Å². The fourth-order valence-electron chi connectivity index (χ4n) is 1.84. The number of amides is 1. The Morgan fingerprint density at radius 2 is 2.13 bits per heavy atom. The van der Waals surface area contributed by atoms with Gasteiger partial charge < -0.3 is 19.3 Å². The normalized spacial score (nSPS) is 10.1. The largest absolute Gasteiger partial charge is 0.415 e. The lowest BCUT2D eigenvalue weighted by atomic mass is 10.2. The second-order valence-electron chi connectivity index (χ2n) is 4.93. The van der Waals surface area contributed by atoms with Crippen molar-refractivity contribution in [1.29, 1.82) is 0 Å². The lowest BCUT2D eigenvalue weighted by molar-refractivity contribution is -0.108. The molecule has 0 aliphatic heterocycles. The van der Waals surface area contributed by atoms with Gasteiger partial charge in [-0.3, -0.25) is 0 Å². The zero-order valence-electron chi connectivity index (χ0n) is 12.9. The third-order valence-corrected chi connectivity index (χ3v) is 3.01. The summed E-state index contributed by atoms with van der Waals surface area (Å²) < 4.78 is 5.22. The monoisotopic (exact) mass is 317 g/mol. The fourth-order valence-corrected chi connectivity index (χ4v) is 1.84. The average molecular weight is 317 g/mol. The number of carbonyl (C=O) groups is 2. The fraction of sp³-hybridized carbons (Fsp3) is 0.312. The first kappa shape index (κ1) is 16.5. The Bertz CT molecular complexity index is 627. The van der Waals surface area contributed by atoms with E-state index in [2.05, 4.69) is 5.10 Å². The van der Waals surface area contributed by atoms with Crippen molar-refractivity contribution in [3.8, 4) is 5.75 Å². The summed E-state index contributed by atoms with van der Waals surface area (Å²) in [7, 11) is 1.66. The topological polar surface area (TPSA) is 73.7 Å². The predicted octanol–water partition coefficient (Wildman–Crippen LogP) is 1.92. The lowest BCUT2D eigenvalue weighted by Crippen LogP contribution is -2.29. The summed E-state index contributed by atoms with van der Waals surface area (Å²) in [5.74, 6) is 0.297.